The second kappa shape index (κ2) is 8.92. The van der Waals surface area contributed by atoms with Crippen LogP contribution in [0.5, 0.6) is 0 Å². The van der Waals surface area contributed by atoms with Crippen molar-refractivity contribution in [2.45, 2.75) is 20.3 Å². The van der Waals surface area contributed by atoms with E-state index in [4.69, 9.17) is 9.47 Å². The van der Waals surface area contributed by atoms with Gasteiger partial charge in [-0.1, -0.05) is 0 Å². The number of aromatic nitrogens is 1. The quantitative estimate of drug-likeness (QED) is 0.553. The molecule has 1 fully saturated rings. The number of aromatic amines is 1. The fourth-order valence-corrected chi connectivity index (χ4v) is 2.66. The van der Waals surface area contributed by atoms with Gasteiger partial charge in [0.15, 0.2) is 0 Å². The maximum absolute atomic E-state index is 12.0. The van der Waals surface area contributed by atoms with E-state index in [2.05, 4.69) is 15.2 Å². The van der Waals surface area contributed by atoms with Gasteiger partial charge in [-0.2, -0.15) is 0 Å². The Morgan fingerprint density at radius 3 is 2.91 bits per heavy atom. The van der Waals surface area contributed by atoms with Gasteiger partial charge < -0.3 is 19.8 Å². The van der Waals surface area contributed by atoms with Crippen LogP contribution in [0.1, 0.15) is 28.5 Å². The van der Waals surface area contributed by atoms with Crippen LogP contribution >= 0.6 is 0 Å². The number of ether oxygens (including phenoxy) is 2. The van der Waals surface area contributed by atoms with Gasteiger partial charge in [0, 0.05) is 51.0 Å². The average molecular weight is 309 g/mol. The zero-order valence-corrected chi connectivity index (χ0v) is 13.6. The Kier molecular flexibility index (Phi) is 6.89. The number of nitrogens with zero attached hydrogens (tertiary/aromatic N) is 1. The second-order valence-corrected chi connectivity index (χ2v) is 5.50. The summed E-state index contributed by atoms with van der Waals surface area (Å²) in [5, 5.41) is 3.43. The van der Waals surface area contributed by atoms with Crippen LogP contribution in [-0.4, -0.2) is 68.4 Å². The Morgan fingerprint density at radius 1 is 1.41 bits per heavy atom. The summed E-state index contributed by atoms with van der Waals surface area (Å²) in [5.41, 5.74) is 2.59. The highest BCUT2D eigenvalue weighted by Gasteiger charge is 2.17. The molecule has 6 nitrogen and oxygen atoms in total. The highest BCUT2D eigenvalue weighted by atomic mass is 16.5. The summed E-state index contributed by atoms with van der Waals surface area (Å²) < 4.78 is 10.4. The number of hydrogen-bond acceptors (Lipinski definition) is 5. The molecule has 22 heavy (non-hydrogen) atoms. The van der Waals surface area contributed by atoms with Crippen LogP contribution in [0.25, 0.3) is 0 Å². The summed E-state index contributed by atoms with van der Waals surface area (Å²) in [7, 11) is 0. The normalized spacial score (nSPS) is 15.9. The number of rotatable bonds is 8. The number of nitrogens with one attached hydrogen (secondary N) is 2. The largest absolute Gasteiger partial charge is 0.462 e. The van der Waals surface area contributed by atoms with E-state index in [0.717, 1.165) is 63.6 Å². The van der Waals surface area contributed by atoms with Gasteiger partial charge in [-0.15, -0.1) is 0 Å². The lowest BCUT2D eigenvalue weighted by molar-refractivity contribution is 0.0385. The first-order valence-corrected chi connectivity index (χ1v) is 8.07. The van der Waals surface area contributed by atoms with Crippen LogP contribution in [0.15, 0.2) is 6.20 Å². The maximum Gasteiger partial charge on any atom is 0.340 e. The summed E-state index contributed by atoms with van der Waals surface area (Å²) in [5.74, 6) is -0.232. The lowest BCUT2D eigenvalue weighted by atomic mass is 10.1. The van der Waals surface area contributed by atoms with Crippen molar-refractivity contribution in [1.82, 2.24) is 15.2 Å². The molecule has 124 valence electrons. The van der Waals surface area contributed by atoms with Gasteiger partial charge >= 0.3 is 5.97 Å². The summed E-state index contributed by atoms with van der Waals surface area (Å²) in [6, 6.07) is 0. The Balaban J connectivity index is 1.71. The first kappa shape index (κ1) is 17.0. The highest BCUT2D eigenvalue weighted by molar-refractivity contribution is 5.92. The maximum atomic E-state index is 12.0. The number of H-pyrrole nitrogens is 1. The summed E-state index contributed by atoms with van der Waals surface area (Å²) >= 11 is 0. The van der Waals surface area contributed by atoms with Crippen molar-refractivity contribution in [1.29, 1.82) is 0 Å². The minimum Gasteiger partial charge on any atom is -0.462 e. The topological polar surface area (TPSA) is 66.6 Å². The van der Waals surface area contributed by atoms with Gasteiger partial charge in [0.1, 0.15) is 0 Å². The van der Waals surface area contributed by atoms with E-state index in [1.807, 2.05) is 20.0 Å². The van der Waals surface area contributed by atoms with Gasteiger partial charge in [-0.25, -0.2) is 4.79 Å². The predicted molar refractivity (Wildman–Crippen MR) is 85.3 cm³/mol. The molecule has 1 aromatic rings. The van der Waals surface area contributed by atoms with Gasteiger partial charge in [-0.3, -0.25) is 4.90 Å². The first-order chi connectivity index (χ1) is 10.7. The lowest BCUT2D eigenvalue weighted by Gasteiger charge is -2.26. The molecule has 0 unspecified atom stereocenters. The molecule has 2 N–H and O–H groups in total. The molecule has 6 heteroatoms. The third-order valence-corrected chi connectivity index (χ3v) is 3.90. The van der Waals surface area contributed by atoms with E-state index in [-0.39, 0.29) is 5.97 Å². The summed E-state index contributed by atoms with van der Waals surface area (Å²) in [6.07, 6.45) is 2.67. The highest BCUT2D eigenvalue weighted by Crippen LogP contribution is 2.15. The molecule has 2 rings (SSSR count). The number of carbonyl (C=O) groups excluding carboxylic acids is 1. The molecule has 1 saturated heterocycles. The van der Waals surface area contributed by atoms with Crippen LogP contribution in [-0.2, 0) is 15.9 Å². The molecule has 0 aliphatic carbocycles. The number of esters is 1. The second-order valence-electron chi connectivity index (χ2n) is 5.50. The van der Waals surface area contributed by atoms with Crippen molar-refractivity contribution in [3.05, 3.63) is 23.0 Å². The van der Waals surface area contributed by atoms with Crippen molar-refractivity contribution >= 4 is 5.97 Å². The molecule has 0 bridgehead atoms. The van der Waals surface area contributed by atoms with Crippen molar-refractivity contribution in [2.75, 3.05) is 52.5 Å². The predicted octanol–water partition coefficient (Wildman–Crippen LogP) is 0.964. The van der Waals surface area contributed by atoms with Crippen molar-refractivity contribution in [2.24, 2.45) is 0 Å². The van der Waals surface area contributed by atoms with Crippen molar-refractivity contribution in [3.8, 4) is 0 Å². The summed E-state index contributed by atoms with van der Waals surface area (Å²) in [4.78, 5) is 17.5. The molecule has 0 atom stereocenters. The van der Waals surface area contributed by atoms with Crippen molar-refractivity contribution < 1.29 is 14.3 Å². The van der Waals surface area contributed by atoms with E-state index in [1.165, 1.54) is 0 Å². The van der Waals surface area contributed by atoms with E-state index in [9.17, 15) is 4.79 Å². The van der Waals surface area contributed by atoms with Crippen LogP contribution in [0.4, 0.5) is 0 Å². The third kappa shape index (κ3) is 4.83. The Bertz CT molecular complexity index is 467. The molecule has 1 aliphatic rings. The SMILES string of the molecule is CCOC(=O)c1c(C)c[nH]c1CCNCCN1CCOCC1. The molecule has 0 saturated carbocycles. The fourth-order valence-electron chi connectivity index (χ4n) is 2.66. The third-order valence-electron chi connectivity index (χ3n) is 3.90. The molecular formula is C16H27N3O3. The Labute approximate surface area is 132 Å². The molecule has 1 aliphatic heterocycles. The molecule has 1 aromatic heterocycles. The molecule has 0 radical (unpaired) electrons. The standard InChI is InChI=1S/C16H27N3O3/c1-3-22-16(20)15-13(2)12-18-14(15)4-5-17-6-7-19-8-10-21-11-9-19/h12,17-18H,3-11H2,1-2H3. The minimum absolute atomic E-state index is 0.232. The molecule has 2 heterocycles. The van der Waals surface area contributed by atoms with Crippen LogP contribution < -0.4 is 5.32 Å². The fraction of sp³-hybridized carbons (Fsp3) is 0.688. The lowest BCUT2D eigenvalue weighted by Crippen LogP contribution is -2.40. The zero-order valence-electron chi connectivity index (χ0n) is 13.6. The van der Waals surface area contributed by atoms with Crippen LogP contribution in [0.3, 0.4) is 0 Å². The molecular weight excluding hydrogens is 282 g/mol. The number of hydrogen-bond donors (Lipinski definition) is 2. The van der Waals surface area contributed by atoms with Gasteiger partial charge in [0.05, 0.1) is 25.4 Å². The minimum atomic E-state index is -0.232. The zero-order chi connectivity index (χ0) is 15.8. The number of carbonyl (C=O) groups is 1. The van der Waals surface area contributed by atoms with E-state index in [1.54, 1.807) is 0 Å². The van der Waals surface area contributed by atoms with Gasteiger partial charge in [0.25, 0.3) is 0 Å². The number of morpholine rings is 1. The van der Waals surface area contributed by atoms with Crippen molar-refractivity contribution in [3.63, 3.8) is 0 Å². The summed E-state index contributed by atoms with van der Waals surface area (Å²) in [6.45, 7) is 10.7. The van der Waals surface area contributed by atoms with Crippen LogP contribution in [0.2, 0.25) is 0 Å². The monoisotopic (exact) mass is 309 g/mol. The van der Waals surface area contributed by atoms with Gasteiger partial charge in [-0.05, 0) is 19.4 Å². The molecule has 0 spiro atoms. The molecule has 0 aromatic carbocycles. The average Bonchev–Trinajstić information content (AvgIpc) is 2.89. The molecule has 0 amide bonds. The van der Waals surface area contributed by atoms with E-state index >= 15 is 0 Å². The first-order valence-electron chi connectivity index (χ1n) is 8.07. The smallest absolute Gasteiger partial charge is 0.340 e. The van der Waals surface area contributed by atoms with E-state index in [0.29, 0.717) is 12.2 Å². The van der Waals surface area contributed by atoms with Crippen LogP contribution in [0, 0.1) is 6.92 Å². The number of aryl methyl sites for hydroxylation is 1. The Hall–Kier alpha value is -1.37. The van der Waals surface area contributed by atoms with Gasteiger partial charge in [0.2, 0.25) is 0 Å². The Morgan fingerprint density at radius 2 is 2.18 bits per heavy atom. The van der Waals surface area contributed by atoms with E-state index < -0.39 is 0 Å².